The Morgan fingerprint density at radius 3 is 1.14 bits per heavy atom. The van der Waals surface area contributed by atoms with E-state index in [4.69, 9.17) is 27.8 Å². The summed E-state index contributed by atoms with van der Waals surface area (Å²) < 4.78 is 58.9. The van der Waals surface area contributed by atoms with Gasteiger partial charge in [0.15, 0.2) is 0 Å². The van der Waals surface area contributed by atoms with Crippen LogP contribution in [0.2, 0.25) is 0 Å². The van der Waals surface area contributed by atoms with E-state index in [9.17, 15) is 8.42 Å². The molecule has 0 saturated heterocycles. The Balaban J connectivity index is -0.0000000651. The van der Waals surface area contributed by atoms with Crippen molar-refractivity contribution in [3.05, 3.63) is 0 Å². The van der Waals surface area contributed by atoms with E-state index in [0.717, 1.165) is 0 Å². The lowest BCUT2D eigenvalue weighted by molar-refractivity contribution is 0.381. The highest BCUT2D eigenvalue weighted by Gasteiger charge is 1.98. The standard InChI is InChI=1S/C2H7NO3S.2H3N.H2O4S/c3-1-2-7(4,5)6;;;1-5(2,3)4/h1-3H2,(H,4,5,6);2*1H3;(H2,1,2,3,4). The number of rotatable bonds is 2. The largest absolute Gasteiger partial charge is 0.394 e. The third kappa shape index (κ3) is 98.9. The van der Waals surface area contributed by atoms with Gasteiger partial charge in [-0.2, -0.15) is 16.8 Å². The van der Waals surface area contributed by atoms with Gasteiger partial charge in [-0.05, 0) is 0 Å². The molecule has 0 aliphatic carbocycles. The summed E-state index contributed by atoms with van der Waals surface area (Å²) in [6, 6.07) is 0. The van der Waals surface area contributed by atoms with Crippen molar-refractivity contribution in [2.45, 2.75) is 0 Å². The van der Waals surface area contributed by atoms with Gasteiger partial charge in [-0.3, -0.25) is 13.7 Å². The van der Waals surface area contributed by atoms with Gasteiger partial charge in [-0.1, -0.05) is 0 Å². The summed E-state index contributed by atoms with van der Waals surface area (Å²) >= 11 is 0. The second kappa shape index (κ2) is 9.22. The molecule has 0 aromatic heterocycles. The summed E-state index contributed by atoms with van der Waals surface area (Å²) in [6.45, 7) is -0.0289. The first kappa shape index (κ1) is 23.5. The summed E-state index contributed by atoms with van der Waals surface area (Å²) in [6.07, 6.45) is 0. The van der Waals surface area contributed by atoms with Crippen molar-refractivity contribution in [2.75, 3.05) is 12.3 Å². The molecule has 0 aliphatic rings. The maximum absolute atomic E-state index is 9.71. The fraction of sp³-hybridized carbons (Fsp3) is 1.00. The number of hydrogen-bond donors (Lipinski definition) is 6. The molecule has 11 N–H and O–H groups in total. The van der Waals surface area contributed by atoms with Gasteiger partial charge in [0.2, 0.25) is 0 Å². The van der Waals surface area contributed by atoms with Crippen LogP contribution in [0.1, 0.15) is 0 Å². The van der Waals surface area contributed by atoms with Gasteiger partial charge < -0.3 is 18.0 Å². The van der Waals surface area contributed by atoms with Crippen molar-refractivity contribution in [1.29, 1.82) is 0 Å². The Kier molecular flexibility index (Phi) is 15.5. The first-order valence-electron chi connectivity index (χ1n) is 2.41. The van der Waals surface area contributed by atoms with Crippen molar-refractivity contribution >= 4 is 20.5 Å². The smallest absolute Gasteiger partial charge is 0.344 e. The van der Waals surface area contributed by atoms with Crippen molar-refractivity contribution in [1.82, 2.24) is 12.3 Å². The highest BCUT2D eigenvalue weighted by molar-refractivity contribution is 7.85. The Hall–Kier alpha value is -0.340. The first-order chi connectivity index (χ1) is 5.06. The predicted molar refractivity (Wildman–Crippen MR) is 49.7 cm³/mol. The molecule has 0 aromatic rings. The molecule has 0 amide bonds. The zero-order valence-electron chi connectivity index (χ0n) is 7.20. The molecule has 0 atom stereocenters. The second-order valence-electron chi connectivity index (χ2n) is 1.52. The molecular formula is C2H15N3O7S2. The third-order valence-electron chi connectivity index (χ3n) is 0.376. The van der Waals surface area contributed by atoms with Crippen LogP contribution < -0.4 is 18.0 Å². The van der Waals surface area contributed by atoms with Gasteiger partial charge in [0.1, 0.15) is 0 Å². The molecule has 0 aromatic carbocycles. The molecule has 0 fully saturated rings. The van der Waals surface area contributed by atoms with Crippen LogP contribution in [0.25, 0.3) is 0 Å². The van der Waals surface area contributed by atoms with Crippen LogP contribution in [0.15, 0.2) is 0 Å². The summed E-state index contributed by atoms with van der Waals surface area (Å²) in [5.74, 6) is -0.354. The van der Waals surface area contributed by atoms with Crippen molar-refractivity contribution < 1.29 is 30.5 Å². The Bertz CT molecular complexity index is 285. The third-order valence-corrected chi connectivity index (χ3v) is 1.13. The van der Waals surface area contributed by atoms with Gasteiger partial charge >= 0.3 is 10.4 Å². The molecule has 0 spiro atoms. The summed E-state index contributed by atoms with van der Waals surface area (Å²) in [7, 11) is -8.47. The van der Waals surface area contributed by atoms with E-state index >= 15 is 0 Å². The fourth-order valence-corrected chi connectivity index (χ4v) is 0.447. The highest BCUT2D eigenvalue weighted by atomic mass is 32.3. The van der Waals surface area contributed by atoms with Crippen LogP contribution in [0, 0.1) is 0 Å². The van der Waals surface area contributed by atoms with E-state index in [0.29, 0.717) is 0 Å². The molecule has 10 nitrogen and oxygen atoms in total. The number of nitrogens with two attached hydrogens (primary N) is 1. The van der Waals surface area contributed by atoms with Gasteiger partial charge in [0.05, 0.1) is 5.75 Å². The normalized spacial score (nSPS) is 10.0. The quantitative estimate of drug-likeness (QED) is 0.314. The predicted octanol–water partition coefficient (Wildman–Crippen LogP) is -1.50. The second-order valence-corrected chi connectivity index (χ2v) is 3.99. The van der Waals surface area contributed by atoms with Crippen LogP contribution >= 0.6 is 0 Å². The lowest BCUT2D eigenvalue weighted by atomic mass is 10.8. The van der Waals surface area contributed by atoms with Crippen LogP contribution in [0.4, 0.5) is 0 Å². The molecular weight excluding hydrogens is 242 g/mol. The minimum Gasteiger partial charge on any atom is -0.344 e. The fourth-order valence-electron chi connectivity index (χ4n) is 0.149. The molecule has 12 heteroatoms. The Morgan fingerprint density at radius 1 is 0.929 bits per heavy atom. The molecule has 0 heterocycles. The number of hydrogen-bond acceptors (Lipinski definition) is 7. The maximum atomic E-state index is 9.71. The Labute approximate surface area is 82.0 Å². The molecule has 14 heavy (non-hydrogen) atoms. The lowest BCUT2D eigenvalue weighted by Gasteiger charge is -1.86. The minimum absolute atomic E-state index is 0. The molecule has 0 aliphatic heterocycles. The zero-order valence-corrected chi connectivity index (χ0v) is 8.83. The van der Waals surface area contributed by atoms with E-state index in [1.807, 2.05) is 0 Å². The SMILES string of the molecule is N.N.NCCS(=O)(=O)O.O=S(=O)(O)O. The molecule has 0 rings (SSSR count). The van der Waals surface area contributed by atoms with Crippen molar-refractivity contribution in [2.24, 2.45) is 5.73 Å². The van der Waals surface area contributed by atoms with Crippen molar-refractivity contribution in [3.63, 3.8) is 0 Å². The highest BCUT2D eigenvalue weighted by Crippen LogP contribution is 1.74. The maximum Gasteiger partial charge on any atom is 0.394 e. The van der Waals surface area contributed by atoms with Crippen molar-refractivity contribution in [3.8, 4) is 0 Å². The molecule has 0 saturated carbocycles. The van der Waals surface area contributed by atoms with E-state index in [-0.39, 0.29) is 24.6 Å². The average molecular weight is 257 g/mol. The van der Waals surface area contributed by atoms with Crippen LogP contribution in [-0.4, -0.2) is 42.8 Å². The van der Waals surface area contributed by atoms with Crippen LogP contribution in [0.3, 0.4) is 0 Å². The van der Waals surface area contributed by atoms with Gasteiger partial charge in [0, 0.05) is 6.54 Å². The topological polar surface area (TPSA) is 225 Å². The minimum atomic E-state index is -4.67. The van der Waals surface area contributed by atoms with E-state index in [2.05, 4.69) is 0 Å². The Morgan fingerprint density at radius 2 is 1.14 bits per heavy atom. The molecule has 0 unspecified atom stereocenters. The van der Waals surface area contributed by atoms with Gasteiger partial charge in [-0.15, -0.1) is 0 Å². The first-order valence-corrected chi connectivity index (χ1v) is 5.42. The summed E-state index contributed by atoms with van der Waals surface area (Å²) in [5.41, 5.74) is 4.78. The summed E-state index contributed by atoms with van der Waals surface area (Å²) in [5, 5.41) is 0. The van der Waals surface area contributed by atoms with E-state index in [1.165, 1.54) is 0 Å². The monoisotopic (exact) mass is 257 g/mol. The van der Waals surface area contributed by atoms with Gasteiger partial charge in [0.25, 0.3) is 10.1 Å². The van der Waals surface area contributed by atoms with Crippen LogP contribution in [-0.2, 0) is 20.5 Å². The van der Waals surface area contributed by atoms with E-state index in [1.54, 1.807) is 0 Å². The van der Waals surface area contributed by atoms with E-state index < -0.39 is 20.5 Å². The molecule has 0 radical (unpaired) electrons. The molecule has 92 valence electrons. The average Bonchev–Trinajstić information content (AvgIpc) is 1.54. The van der Waals surface area contributed by atoms with Gasteiger partial charge in [-0.25, -0.2) is 0 Å². The molecule has 0 bridgehead atoms. The zero-order chi connectivity index (χ0) is 10.4. The summed E-state index contributed by atoms with van der Waals surface area (Å²) in [4.78, 5) is 0. The lowest BCUT2D eigenvalue weighted by Crippen LogP contribution is -2.13. The van der Waals surface area contributed by atoms with Crippen LogP contribution in [0.5, 0.6) is 0 Å².